The summed E-state index contributed by atoms with van der Waals surface area (Å²) in [6, 6.07) is 10.3. The zero-order chi connectivity index (χ0) is 16.5. The number of anilines is 2. The Balaban J connectivity index is 1.72. The summed E-state index contributed by atoms with van der Waals surface area (Å²) in [4.78, 5) is 0. The Bertz CT molecular complexity index is 604. The molecule has 0 saturated carbocycles. The third kappa shape index (κ3) is 5.46. The molecule has 0 atom stereocenters. The maximum atomic E-state index is 6.08. The van der Waals surface area contributed by atoms with Gasteiger partial charge in [-0.2, -0.15) is 0 Å². The molecule has 23 heavy (non-hydrogen) atoms. The number of rotatable bonds is 10. The van der Waals surface area contributed by atoms with E-state index in [1.54, 1.807) is 0 Å². The van der Waals surface area contributed by atoms with Crippen LogP contribution >= 0.6 is 0 Å². The van der Waals surface area contributed by atoms with E-state index < -0.39 is 0 Å². The molecule has 0 fully saturated rings. The molecule has 2 rings (SSSR count). The Morgan fingerprint density at radius 1 is 0.652 bits per heavy atom. The Labute approximate surface area is 141 Å². The van der Waals surface area contributed by atoms with Crippen LogP contribution < -0.4 is 11.5 Å². The van der Waals surface area contributed by atoms with Crippen molar-refractivity contribution < 1.29 is 0 Å². The molecule has 0 aliphatic rings. The number of hydrogen-bond donors (Lipinski definition) is 2. The second kappa shape index (κ2) is 9.44. The van der Waals surface area contributed by atoms with E-state index in [0.29, 0.717) is 0 Å². The quantitative estimate of drug-likeness (QED) is 0.413. The lowest BCUT2D eigenvalue weighted by Gasteiger charge is -2.08. The predicted molar refractivity (Wildman–Crippen MR) is 104 cm³/mol. The molecule has 2 heteroatoms. The van der Waals surface area contributed by atoms with Gasteiger partial charge in [-0.3, -0.25) is 0 Å². The Morgan fingerprint density at radius 2 is 1.22 bits per heavy atom. The summed E-state index contributed by atoms with van der Waals surface area (Å²) in [5.74, 6) is 0. The standard InChI is InChI=1S/C21H32N2/c1-2-3-4-5-6-7-8-9-10-11-17-12-13-18-19(16-17)21(23)15-14-20(18)22/h12-16H,2-11,22-23H2,1H3. The maximum Gasteiger partial charge on any atom is 0.0395 e. The fourth-order valence-electron chi connectivity index (χ4n) is 3.24. The molecule has 0 aromatic heterocycles. The highest BCUT2D eigenvalue weighted by Gasteiger charge is 2.03. The van der Waals surface area contributed by atoms with Crippen molar-refractivity contribution in [2.45, 2.75) is 71.1 Å². The van der Waals surface area contributed by atoms with E-state index in [-0.39, 0.29) is 0 Å². The number of hydrogen-bond acceptors (Lipinski definition) is 2. The molecular formula is C21H32N2. The number of benzene rings is 2. The van der Waals surface area contributed by atoms with Gasteiger partial charge in [-0.25, -0.2) is 0 Å². The summed E-state index contributed by atoms with van der Waals surface area (Å²) in [6.45, 7) is 2.27. The first kappa shape index (κ1) is 17.7. The molecular weight excluding hydrogens is 280 g/mol. The van der Waals surface area contributed by atoms with Gasteiger partial charge in [0.2, 0.25) is 0 Å². The number of unbranched alkanes of at least 4 members (excludes halogenated alkanes) is 8. The van der Waals surface area contributed by atoms with Crippen molar-refractivity contribution in [3.05, 3.63) is 35.9 Å². The average Bonchev–Trinajstić information content (AvgIpc) is 2.57. The molecule has 0 heterocycles. The number of aryl methyl sites for hydroxylation is 1. The minimum Gasteiger partial charge on any atom is -0.398 e. The van der Waals surface area contributed by atoms with Gasteiger partial charge in [0, 0.05) is 22.1 Å². The van der Waals surface area contributed by atoms with Gasteiger partial charge in [-0.1, -0.05) is 70.4 Å². The van der Waals surface area contributed by atoms with E-state index in [2.05, 4.69) is 25.1 Å². The number of nitrogens with two attached hydrogens (primary N) is 2. The summed E-state index contributed by atoms with van der Waals surface area (Å²) in [7, 11) is 0. The van der Waals surface area contributed by atoms with E-state index in [9.17, 15) is 0 Å². The largest absolute Gasteiger partial charge is 0.398 e. The lowest BCUT2D eigenvalue weighted by Crippen LogP contribution is -1.94. The molecule has 0 unspecified atom stereocenters. The van der Waals surface area contributed by atoms with Crippen molar-refractivity contribution in [3.63, 3.8) is 0 Å². The van der Waals surface area contributed by atoms with Crippen LogP contribution in [0.5, 0.6) is 0 Å². The van der Waals surface area contributed by atoms with Crippen LogP contribution in [0.2, 0.25) is 0 Å². The summed E-state index contributed by atoms with van der Waals surface area (Å²) in [6.07, 6.45) is 13.5. The maximum absolute atomic E-state index is 6.08. The normalized spacial score (nSPS) is 11.2. The number of nitrogen functional groups attached to an aromatic ring is 2. The van der Waals surface area contributed by atoms with Gasteiger partial charge >= 0.3 is 0 Å². The molecule has 0 radical (unpaired) electrons. The van der Waals surface area contributed by atoms with Crippen LogP contribution in [0.3, 0.4) is 0 Å². The molecule has 126 valence electrons. The van der Waals surface area contributed by atoms with E-state index in [1.807, 2.05) is 12.1 Å². The lowest BCUT2D eigenvalue weighted by molar-refractivity contribution is 0.565. The van der Waals surface area contributed by atoms with E-state index >= 15 is 0 Å². The molecule has 0 amide bonds. The molecule has 0 bridgehead atoms. The highest BCUT2D eigenvalue weighted by Crippen LogP contribution is 2.28. The van der Waals surface area contributed by atoms with Crippen molar-refractivity contribution in [2.24, 2.45) is 0 Å². The van der Waals surface area contributed by atoms with Crippen LogP contribution in [-0.4, -0.2) is 0 Å². The lowest BCUT2D eigenvalue weighted by atomic mass is 10.00. The zero-order valence-corrected chi connectivity index (χ0v) is 14.6. The predicted octanol–water partition coefficient (Wildman–Crippen LogP) is 6.08. The van der Waals surface area contributed by atoms with Gasteiger partial charge in [-0.15, -0.1) is 0 Å². The fourth-order valence-corrected chi connectivity index (χ4v) is 3.24. The van der Waals surface area contributed by atoms with Crippen LogP contribution in [-0.2, 0) is 6.42 Å². The first-order valence-corrected chi connectivity index (χ1v) is 9.29. The van der Waals surface area contributed by atoms with Gasteiger partial charge in [0.1, 0.15) is 0 Å². The van der Waals surface area contributed by atoms with E-state index in [0.717, 1.165) is 28.6 Å². The average molecular weight is 313 g/mol. The zero-order valence-electron chi connectivity index (χ0n) is 14.6. The molecule has 2 aromatic rings. The van der Waals surface area contributed by atoms with Gasteiger partial charge in [0.15, 0.2) is 0 Å². The Kier molecular flexibility index (Phi) is 7.25. The first-order chi connectivity index (χ1) is 11.2. The minimum atomic E-state index is 0.809. The summed E-state index contributed by atoms with van der Waals surface area (Å²) in [5.41, 5.74) is 15.1. The van der Waals surface area contributed by atoms with E-state index in [4.69, 9.17) is 11.5 Å². The fraction of sp³-hybridized carbons (Fsp3) is 0.524. The van der Waals surface area contributed by atoms with Crippen LogP contribution in [0, 0.1) is 0 Å². The summed E-state index contributed by atoms with van der Waals surface area (Å²) < 4.78 is 0. The van der Waals surface area contributed by atoms with Crippen LogP contribution in [0.25, 0.3) is 10.8 Å². The molecule has 0 aliphatic heterocycles. The van der Waals surface area contributed by atoms with Gasteiger partial charge in [0.05, 0.1) is 0 Å². The van der Waals surface area contributed by atoms with Crippen LogP contribution in [0.1, 0.15) is 70.3 Å². The molecule has 2 nitrogen and oxygen atoms in total. The van der Waals surface area contributed by atoms with Crippen LogP contribution in [0.15, 0.2) is 30.3 Å². The topological polar surface area (TPSA) is 52.0 Å². The van der Waals surface area contributed by atoms with Crippen molar-refractivity contribution in [1.82, 2.24) is 0 Å². The second-order valence-corrected chi connectivity index (χ2v) is 6.70. The second-order valence-electron chi connectivity index (χ2n) is 6.70. The van der Waals surface area contributed by atoms with Gasteiger partial charge < -0.3 is 11.5 Å². The van der Waals surface area contributed by atoms with E-state index in [1.165, 1.54) is 63.4 Å². The smallest absolute Gasteiger partial charge is 0.0395 e. The number of fused-ring (bicyclic) bond motifs is 1. The van der Waals surface area contributed by atoms with Gasteiger partial charge in [-0.05, 0) is 36.6 Å². The van der Waals surface area contributed by atoms with Crippen molar-refractivity contribution >= 4 is 22.1 Å². The van der Waals surface area contributed by atoms with Crippen molar-refractivity contribution in [1.29, 1.82) is 0 Å². The summed E-state index contributed by atoms with van der Waals surface area (Å²) in [5, 5.41) is 2.17. The molecule has 2 aromatic carbocycles. The third-order valence-electron chi connectivity index (χ3n) is 4.72. The molecule has 0 saturated heterocycles. The Hall–Kier alpha value is -1.70. The summed E-state index contributed by atoms with van der Waals surface area (Å²) >= 11 is 0. The molecule has 4 N–H and O–H groups in total. The first-order valence-electron chi connectivity index (χ1n) is 9.29. The molecule has 0 spiro atoms. The highest BCUT2D eigenvalue weighted by molar-refractivity contribution is 6.00. The highest BCUT2D eigenvalue weighted by atomic mass is 14.6. The third-order valence-corrected chi connectivity index (χ3v) is 4.72. The Morgan fingerprint density at radius 3 is 1.87 bits per heavy atom. The molecule has 0 aliphatic carbocycles. The minimum absolute atomic E-state index is 0.809. The monoisotopic (exact) mass is 312 g/mol. The van der Waals surface area contributed by atoms with Crippen molar-refractivity contribution in [2.75, 3.05) is 11.5 Å². The van der Waals surface area contributed by atoms with Crippen LogP contribution in [0.4, 0.5) is 11.4 Å². The SMILES string of the molecule is CCCCCCCCCCCc1ccc2c(N)ccc(N)c2c1. The van der Waals surface area contributed by atoms with Gasteiger partial charge in [0.25, 0.3) is 0 Å². The van der Waals surface area contributed by atoms with Crippen molar-refractivity contribution in [3.8, 4) is 0 Å².